The molecule has 0 aliphatic heterocycles. The highest BCUT2D eigenvalue weighted by Crippen LogP contribution is 2.03. The van der Waals surface area contributed by atoms with E-state index < -0.39 is 10.0 Å². The summed E-state index contributed by atoms with van der Waals surface area (Å²) in [6.07, 6.45) is 2.67. The van der Waals surface area contributed by atoms with Crippen LogP contribution in [0.4, 0.5) is 0 Å². The van der Waals surface area contributed by atoms with E-state index in [1.807, 2.05) is 6.92 Å². The number of nitrogens with zero attached hydrogens (tertiary/aromatic N) is 2. The van der Waals surface area contributed by atoms with Crippen LogP contribution in [0.3, 0.4) is 0 Å². The van der Waals surface area contributed by atoms with Gasteiger partial charge in [-0.3, -0.25) is 4.68 Å². The van der Waals surface area contributed by atoms with Gasteiger partial charge in [0.15, 0.2) is 0 Å². The summed E-state index contributed by atoms with van der Waals surface area (Å²) in [5, 5.41) is 11.9. The maximum Gasteiger partial charge on any atom is 0.241 e. The molecule has 1 aromatic heterocycles. The van der Waals surface area contributed by atoms with Crippen molar-refractivity contribution in [3.8, 4) is 0 Å². The number of sulfonamides is 1. The first kappa shape index (κ1) is 11.2. The molecule has 0 atom stereocenters. The van der Waals surface area contributed by atoms with E-state index in [1.165, 1.54) is 12.4 Å². The zero-order valence-electron chi connectivity index (χ0n) is 7.97. The fraction of sp³-hybridized carbons (Fsp3) is 0.571. The topological polar surface area (TPSA) is 90.0 Å². The Bertz CT molecular complexity index is 384. The van der Waals surface area contributed by atoms with Crippen LogP contribution in [0.15, 0.2) is 17.3 Å². The standard InChI is InChI=1S/C7H14N4O2S/c1-2-9-3-4-11-6-7(5-10-11)14(8,12)13/h5-6,9H,2-4H2,1H3,(H2,8,12,13). The Morgan fingerprint density at radius 2 is 2.36 bits per heavy atom. The molecule has 0 amide bonds. The highest BCUT2D eigenvalue weighted by Gasteiger charge is 2.09. The lowest BCUT2D eigenvalue weighted by Crippen LogP contribution is -2.19. The zero-order valence-corrected chi connectivity index (χ0v) is 8.79. The van der Waals surface area contributed by atoms with Crippen molar-refractivity contribution in [2.24, 2.45) is 5.14 Å². The number of rotatable bonds is 5. The zero-order chi connectivity index (χ0) is 10.6. The maximum atomic E-state index is 10.9. The Balaban J connectivity index is 2.60. The summed E-state index contributed by atoms with van der Waals surface area (Å²) in [5.41, 5.74) is 0. The first-order chi connectivity index (χ1) is 6.54. The van der Waals surface area contributed by atoms with Gasteiger partial charge in [0.2, 0.25) is 10.0 Å². The molecule has 1 rings (SSSR count). The molecule has 1 heterocycles. The van der Waals surface area contributed by atoms with Gasteiger partial charge in [0.25, 0.3) is 0 Å². The van der Waals surface area contributed by atoms with Crippen LogP contribution in [0.25, 0.3) is 0 Å². The number of nitrogens with two attached hydrogens (primary N) is 1. The smallest absolute Gasteiger partial charge is 0.241 e. The molecule has 0 unspecified atom stereocenters. The Hall–Kier alpha value is -0.920. The molecule has 0 aliphatic carbocycles. The largest absolute Gasteiger partial charge is 0.315 e. The van der Waals surface area contributed by atoms with E-state index in [2.05, 4.69) is 10.4 Å². The highest BCUT2D eigenvalue weighted by atomic mass is 32.2. The minimum absolute atomic E-state index is 0.0500. The van der Waals surface area contributed by atoms with E-state index in [9.17, 15) is 8.42 Å². The van der Waals surface area contributed by atoms with E-state index in [0.29, 0.717) is 6.54 Å². The van der Waals surface area contributed by atoms with Gasteiger partial charge in [-0.25, -0.2) is 13.6 Å². The number of hydrogen-bond acceptors (Lipinski definition) is 4. The van der Waals surface area contributed by atoms with Gasteiger partial charge < -0.3 is 5.32 Å². The fourth-order valence-electron chi connectivity index (χ4n) is 0.984. The number of hydrogen-bond donors (Lipinski definition) is 2. The Morgan fingerprint density at radius 1 is 1.64 bits per heavy atom. The molecule has 0 aromatic carbocycles. The predicted octanol–water partition coefficient (Wildman–Crippen LogP) is -0.860. The van der Waals surface area contributed by atoms with E-state index in [0.717, 1.165) is 13.1 Å². The highest BCUT2D eigenvalue weighted by molar-refractivity contribution is 7.89. The lowest BCUT2D eigenvalue weighted by Gasteiger charge is -2.00. The second-order valence-corrected chi connectivity index (χ2v) is 4.40. The summed E-state index contributed by atoms with van der Waals surface area (Å²) < 4.78 is 23.3. The van der Waals surface area contributed by atoms with Crippen LogP contribution in [0.1, 0.15) is 6.92 Å². The van der Waals surface area contributed by atoms with Crippen molar-refractivity contribution in [3.05, 3.63) is 12.4 Å². The van der Waals surface area contributed by atoms with Crippen LogP contribution in [0.2, 0.25) is 0 Å². The second-order valence-electron chi connectivity index (χ2n) is 2.84. The predicted molar refractivity (Wildman–Crippen MR) is 52.1 cm³/mol. The lowest BCUT2D eigenvalue weighted by atomic mass is 10.6. The van der Waals surface area contributed by atoms with Crippen molar-refractivity contribution in [2.45, 2.75) is 18.4 Å². The molecule has 0 bridgehead atoms. The van der Waals surface area contributed by atoms with Crippen molar-refractivity contribution < 1.29 is 8.42 Å². The van der Waals surface area contributed by atoms with Crippen LogP contribution in [-0.4, -0.2) is 31.3 Å². The van der Waals surface area contributed by atoms with Gasteiger partial charge >= 0.3 is 0 Å². The maximum absolute atomic E-state index is 10.9. The third kappa shape index (κ3) is 3.09. The van der Waals surface area contributed by atoms with Crippen LogP contribution >= 0.6 is 0 Å². The molecule has 6 nitrogen and oxygen atoms in total. The first-order valence-electron chi connectivity index (χ1n) is 4.30. The van der Waals surface area contributed by atoms with E-state index in [-0.39, 0.29) is 4.90 Å². The van der Waals surface area contributed by atoms with Crippen molar-refractivity contribution in [1.29, 1.82) is 0 Å². The third-order valence-corrected chi connectivity index (χ3v) is 2.57. The molecule has 0 aliphatic rings. The molecule has 0 radical (unpaired) electrons. The molecular formula is C7H14N4O2S. The Kier molecular flexibility index (Phi) is 3.62. The van der Waals surface area contributed by atoms with Crippen molar-refractivity contribution >= 4 is 10.0 Å². The summed E-state index contributed by atoms with van der Waals surface area (Å²) in [6.45, 7) is 4.26. The normalized spacial score (nSPS) is 11.9. The fourth-order valence-corrected chi connectivity index (χ4v) is 1.45. The monoisotopic (exact) mass is 218 g/mol. The summed E-state index contributed by atoms with van der Waals surface area (Å²) in [5.74, 6) is 0. The average molecular weight is 218 g/mol. The molecule has 80 valence electrons. The van der Waals surface area contributed by atoms with Crippen LogP contribution in [0.5, 0.6) is 0 Å². The van der Waals surface area contributed by atoms with Gasteiger partial charge in [0.05, 0.1) is 12.7 Å². The number of aromatic nitrogens is 2. The van der Waals surface area contributed by atoms with Gasteiger partial charge in [0.1, 0.15) is 4.90 Å². The molecule has 0 saturated heterocycles. The Morgan fingerprint density at radius 3 is 2.86 bits per heavy atom. The summed E-state index contributed by atoms with van der Waals surface area (Å²) in [4.78, 5) is 0.0500. The molecule has 0 spiro atoms. The molecule has 1 aromatic rings. The lowest BCUT2D eigenvalue weighted by molar-refractivity contribution is 0.564. The molecule has 0 fully saturated rings. The molecule has 7 heteroatoms. The van der Waals surface area contributed by atoms with Crippen molar-refractivity contribution in [2.75, 3.05) is 13.1 Å². The van der Waals surface area contributed by atoms with Gasteiger partial charge in [-0.2, -0.15) is 5.10 Å². The SMILES string of the molecule is CCNCCn1cc(S(N)(=O)=O)cn1. The third-order valence-electron chi connectivity index (χ3n) is 1.71. The molecular weight excluding hydrogens is 204 g/mol. The summed E-state index contributed by atoms with van der Waals surface area (Å²) in [6, 6.07) is 0. The van der Waals surface area contributed by atoms with Crippen molar-refractivity contribution in [1.82, 2.24) is 15.1 Å². The number of primary sulfonamides is 1. The Labute approximate surface area is 83.1 Å². The van der Waals surface area contributed by atoms with Gasteiger partial charge in [0, 0.05) is 12.7 Å². The molecule has 3 N–H and O–H groups in total. The van der Waals surface area contributed by atoms with Crippen LogP contribution in [0, 0.1) is 0 Å². The average Bonchev–Trinajstić information content (AvgIpc) is 2.52. The van der Waals surface area contributed by atoms with Gasteiger partial charge in [-0.1, -0.05) is 6.92 Å². The first-order valence-corrected chi connectivity index (χ1v) is 5.84. The van der Waals surface area contributed by atoms with Crippen LogP contribution < -0.4 is 10.5 Å². The second kappa shape index (κ2) is 4.54. The van der Waals surface area contributed by atoms with Gasteiger partial charge in [-0.05, 0) is 6.54 Å². The van der Waals surface area contributed by atoms with Gasteiger partial charge in [-0.15, -0.1) is 0 Å². The summed E-state index contributed by atoms with van der Waals surface area (Å²) in [7, 11) is -3.62. The van der Waals surface area contributed by atoms with E-state index >= 15 is 0 Å². The van der Waals surface area contributed by atoms with Crippen molar-refractivity contribution in [3.63, 3.8) is 0 Å². The molecule has 0 saturated carbocycles. The minimum Gasteiger partial charge on any atom is -0.315 e. The van der Waals surface area contributed by atoms with E-state index in [1.54, 1.807) is 4.68 Å². The molecule has 14 heavy (non-hydrogen) atoms. The number of likely N-dealkylation sites (N-methyl/N-ethyl adjacent to an activating group) is 1. The minimum atomic E-state index is -3.62. The van der Waals surface area contributed by atoms with E-state index in [4.69, 9.17) is 5.14 Å². The summed E-state index contributed by atoms with van der Waals surface area (Å²) >= 11 is 0. The number of nitrogens with one attached hydrogen (secondary N) is 1. The van der Waals surface area contributed by atoms with Crippen LogP contribution in [-0.2, 0) is 16.6 Å². The quantitative estimate of drug-likeness (QED) is 0.629.